The van der Waals surface area contributed by atoms with E-state index in [2.05, 4.69) is 56.3 Å². The van der Waals surface area contributed by atoms with Crippen molar-refractivity contribution in [2.75, 3.05) is 6.54 Å². The molecule has 2 heteroatoms. The summed E-state index contributed by atoms with van der Waals surface area (Å²) < 4.78 is 0. The standard InChI is InChI=1S/C16H19NS/c1-12-3-6-15(7-4-12)18-16-8-5-14(9-10-17)11-13(16)2/h3-8,11H,9-10,17H2,1-2H3. The van der Waals surface area contributed by atoms with E-state index in [4.69, 9.17) is 5.73 Å². The third-order valence-electron chi connectivity index (χ3n) is 2.92. The lowest BCUT2D eigenvalue weighted by Gasteiger charge is -2.08. The molecule has 0 atom stereocenters. The number of hydrogen-bond donors (Lipinski definition) is 1. The maximum atomic E-state index is 5.58. The van der Waals surface area contributed by atoms with E-state index in [1.807, 2.05) is 11.8 Å². The molecule has 2 aromatic rings. The van der Waals surface area contributed by atoms with Crippen LogP contribution in [0.2, 0.25) is 0 Å². The summed E-state index contributed by atoms with van der Waals surface area (Å²) >= 11 is 1.82. The van der Waals surface area contributed by atoms with Crippen molar-refractivity contribution in [2.24, 2.45) is 5.73 Å². The van der Waals surface area contributed by atoms with Gasteiger partial charge < -0.3 is 5.73 Å². The van der Waals surface area contributed by atoms with E-state index in [0.717, 1.165) is 6.42 Å². The van der Waals surface area contributed by atoms with E-state index in [1.165, 1.54) is 26.5 Å². The quantitative estimate of drug-likeness (QED) is 0.897. The summed E-state index contributed by atoms with van der Waals surface area (Å²) in [7, 11) is 0. The highest BCUT2D eigenvalue weighted by molar-refractivity contribution is 7.99. The minimum Gasteiger partial charge on any atom is -0.330 e. The Kier molecular flexibility index (Phi) is 4.45. The van der Waals surface area contributed by atoms with Crippen molar-refractivity contribution >= 4 is 11.8 Å². The Bertz CT molecular complexity index is 517. The second kappa shape index (κ2) is 6.07. The van der Waals surface area contributed by atoms with Crippen LogP contribution >= 0.6 is 11.8 Å². The molecule has 0 amide bonds. The highest BCUT2D eigenvalue weighted by atomic mass is 32.2. The van der Waals surface area contributed by atoms with Gasteiger partial charge in [-0.05, 0) is 56.1 Å². The van der Waals surface area contributed by atoms with Crippen LogP contribution in [0.3, 0.4) is 0 Å². The number of rotatable bonds is 4. The number of nitrogens with two attached hydrogens (primary N) is 1. The normalized spacial score (nSPS) is 10.6. The minimum absolute atomic E-state index is 0.712. The highest BCUT2D eigenvalue weighted by Crippen LogP contribution is 2.30. The molecule has 0 aromatic heterocycles. The number of benzene rings is 2. The Hall–Kier alpha value is -1.25. The summed E-state index contributed by atoms with van der Waals surface area (Å²) in [6, 6.07) is 15.3. The monoisotopic (exact) mass is 257 g/mol. The molecule has 0 unspecified atom stereocenters. The van der Waals surface area contributed by atoms with Crippen LogP contribution in [0.25, 0.3) is 0 Å². The first-order valence-electron chi connectivity index (χ1n) is 6.23. The molecule has 0 bridgehead atoms. The first-order chi connectivity index (χ1) is 8.69. The predicted octanol–water partition coefficient (Wildman–Crippen LogP) is 3.96. The molecule has 0 saturated heterocycles. The molecule has 0 saturated carbocycles. The van der Waals surface area contributed by atoms with Gasteiger partial charge in [-0.2, -0.15) is 0 Å². The first-order valence-corrected chi connectivity index (χ1v) is 7.05. The largest absolute Gasteiger partial charge is 0.330 e. The van der Waals surface area contributed by atoms with Gasteiger partial charge in [0.25, 0.3) is 0 Å². The fraction of sp³-hybridized carbons (Fsp3) is 0.250. The summed E-state index contributed by atoms with van der Waals surface area (Å²) in [6.45, 7) is 4.99. The average molecular weight is 257 g/mol. The maximum Gasteiger partial charge on any atom is 0.0151 e. The van der Waals surface area contributed by atoms with Crippen molar-refractivity contribution in [3.8, 4) is 0 Å². The molecule has 2 rings (SSSR count). The zero-order valence-electron chi connectivity index (χ0n) is 10.9. The van der Waals surface area contributed by atoms with Crippen molar-refractivity contribution in [3.05, 3.63) is 59.2 Å². The van der Waals surface area contributed by atoms with Crippen molar-refractivity contribution in [1.29, 1.82) is 0 Å². The van der Waals surface area contributed by atoms with Crippen molar-refractivity contribution in [1.82, 2.24) is 0 Å². The summed E-state index contributed by atoms with van der Waals surface area (Å²) in [5.41, 5.74) is 9.53. The van der Waals surface area contributed by atoms with Gasteiger partial charge in [-0.25, -0.2) is 0 Å². The number of aryl methyl sites for hydroxylation is 2. The highest BCUT2D eigenvalue weighted by Gasteiger charge is 2.02. The van der Waals surface area contributed by atoms with E-state index in [9.17, 15) is 0 Å². The predicted molar refractivity (Wildman–Crippen MR) is 79.2 cm³/mol. The third kappa shape index (κ3) is 3.37. The molecule has 94 valence electrons. The first kappa shape index (κ1) is 13.2. The summed E-state index contributed by atoms with van der Waals surface area (Å²) in [4.78, 5) is 2.61. The van der Waals surface area contributed by atoms with E-state index in [1.54, 1.807) is 0 Å². The molecular weight excluding hydrogens is 238 g/mol. The SMILES string of the molecule is Cc1ccc(Sc2ccc(CCN)cc2C)cc1. The molecule has 0 radical (unpaired) electrons. The maximum absolute atomic E-state index is 5.58. The Morgan fingerprint density at radius 2 is 1.72 bits per heavy atom. The molecule has 0 fully saturated rings. The second-order valence-corrected chi connectivity index (χ2v) is 5.67. The van der Waals surface area contributed by atoms with E-state index >= 15 is 0 Å². The van der Waals surface area contributed by atoms with Gasteiger partial charge in [-0.1, -0.05) is 41.6 Å². The summed E-state index contributed by atoms with van der Waals surface area (Å²) in [5, 5.41) is 0. The zero-order chi connectivity index (χ0) is 13.0. The van der Waals surface area contributed by atoms with Crippen LogP contribution in [0.5, 0.6) is 0 Å². The Balaban J connectivity index is 2.16. The second-order valence-electron chi connectivity index (χ2n) is 4.55. The van der Waals surface area contributed by atoms with Gasteiger partial charge in [0, 0.05) is 9.79 Å². The van der Waals surface area contributed by atoms with Gasteiger partial charge in [0.1, 0.15) is 0 Å². The molecule has 0 heterocycles. The lowest BCUT2D eigenvalue weighted by Crippen LogP contribution is -2.02. The average Bonchev–Trinajstić information content (AvgIpc) is 2.36. The van der Waals surface area contributed by atoms with Crippen LogP contribution in [0.15, 0.2) is 52.3 Å². The van der Waals surface area contributed by atoms with Crippen LogP contribution in [0.1, 0.15) is 16.7 Å². The molecule has 0 spiro atoms. The fourth-order valence-electron chi connectivity index (χ4n) is 1.88. The van der Waals surface area contributed by atoms with Gasteiger partial charge in [-0.3, -0.25) is 0 Å². The van der Waals surface area contributed by atoms with Crippen LogP contribution in [0, 0.1) is 13.8 Å². The molecule has 0 aliphatic heterocycles. The Morgan fingerprint density at radius 3 is 2.33 bits per heavy atom. The minimum atomic E-state index is 0.712. The topological polar surface area (TPSA) is 26.0 Å². The van der Waals surface area contributed by atoms with Gasteiger partial charge in [0.15, 0.2) is 0 Å². The van der Waals surface area contributed by atoms with Crippen LogP contribution in [-0.4, -0.2) is 6.54 Å². The fourth-order valence-corrected chi connectivity index (χ4v) is 2.76. The Morgan fingerprint density at radius 1 is 1.00 bits per heavy atom. The lowest BCUT2D eigenvalue weighted by molar-refractivity contribution is 0.963. The van der Waals surface area contributed by atoms with Crippen molar-refractivity contribution in [3.63, 3.8) is 0 Å². The lowest BCUT2D eigenvalue weighted by atomic mass is 10.1. The smallest absolute Gasteiger partial charge is 0.0151 e. The molecule has 0 aliphatic rings. The number of hydrogen-bond acceptors (Lipinski definition) is 2. The van der Waals surface area contributed by atoms with Gasteiger partial charge in [-0.15, -0.1) is 0 Å². The van der Waals surface area contributed by atoms with Crippen LogP contribution < -0.4 is 5.73 Å². The molecule has 2 aromatic carbocycles. The van der Waals surface area contributed by atoms with Gasteiger partial charge in [0.2, 0.25) is 0 Å². The third-order valence-corrected chi connectivity index (χ3v) is 4.11. The molecule has 18 heavy (non-hydrogen) atoms. The van der Waals surface area contributed by atoms with E-state index in [-0.39, 0.29) is 0 Å². The van der Waals surface area contributed by atoms with Crippen molar-refractivity contribution < 1.29 is 0 Å². The van der Waals surface area contributed by atoms with Gasteiger partial charge >= 0.3 is 0 Å². The molecule has 1 nitrogen and oxygen atoms in total. The van der Waals surface area contributed by atoms with E-state index in [0.29, 0.717) is 6.54 Å². The molecule has 0 aliphatic carbocycles. The van der Waals surface area contributed by atoms with Crippen LogP contribution in [-0.2, 0) is 6.42 Å². The summed E-state index contributed by atoms with van der Waals surface area (Å²) in [6.07, 6.45) is 0.955. The molecule has 2 N–H and O–H groups in total. The Labute approximate surface area is 113 Å². The summed E-state index contributed by atoms with van der Waals surface area (Å²) in [5.74, 6) is 0. The van der Waals surface area contributed by atoms with Gasteiger partial charge in [0.05, 0.1) is 0 Å². The zero-order valence-corrected chi connectivity index (χ0v) is 11.8. The van der Waals surface area contributed by atoms with Crippen LogP contribution in [0.4, 0.5) is 0 Å². The van der Waals surface area contributed by atoms with E-state index < -0.39 is 0 Å². The molecular formula is C16H19NS. The van der Waals surface area contributed by atoms with Crippen molar-refractivity contribution in [2.45, 2.75) is 30.1 Å².